The van der Waals surface area contributed by atoms with Crippen molar-refractivity contribution in [2.45, 2.75) is 5.25 Å². The molecule has 1 aliphatic rings. The number of amides is 1. The lowest BCUT2D eigenvalue weighted by molar-refractivity contribution is -0.150. The summed E-state index contributed by atoms with van der Waals surface area (Å²) in [4.78, 5) is 11.8. The summed E-state index contributed by atoms with van der Waals surface area (Å²) in [7, 11) is -0.762. The van der Waals surface area contributed by atoms with Gasteiger partial charge in [0.05, 0.1) is 13.2 Å². The molecule has 1 heterocycles. The Balaban J connectivity index is 2.83. The molecule has 0 aromatic rings. The van der Waals surface area contributed by atoms with Crippen molar-refractivity contribution in [3.8, 4) is 0 Å². The molecule has 0 saturated carbocycles. The van der Waals surface area contributed by atoms with E-state index >= 15 is 0 Å². The maximum Gasteiger partial charge on any atom is 0.435 e. The van der Waals surface area contributed by atoms with Crippen LogP contribution in [-0.4, -0.2) is 50.8 Å². The maximum atomic E-state index is 13.0. The second kappa shape index (κ2) is 4.18. The molecule has 0 aromatic carbocycles. The highest BCUT2D eigenvalue weighted by Gasteiger charge is 2.54. The number of hydrogen-bond acceptors (Lipinski definition) is 4. The Bertz CT molecular complexity index is 352. The Kier molecular flexibility index (Phi) is 3.51. The van der Waals surface area contributed by atoms with E-state index in [-0.39, 0.29) is 26.3 Å². The quantitative estimate of drug-likeness (QED) is 0.658. The number of nitrogens with zero attached hydrogens (tertiary/aromatic N) is 1. The van der Waals surface area contributed by atoms with E-state index < -0.39 is 20.2 Å². The zero-order chi connectivity index (χ0) is 11.7. The molecular formula is C6H8ClF2NO4S. The van der Waals surface area contributed by atoms with E-state index in [1.807, 2.05) is 0 Å². The van der Waals surface area contributed by atoms with Gasteiger partial charge in [-0.25, -0.2) is 8.42 Å². The van der Waals surface area contributed by atoms with Gasteiger partial charge in [0.15, 0.2) is 0 Å². The van der Waals surface area contributed by atoms with Gasteiger partial charge < -0.3 is 9.64 Å². The van der Waals surface area contributed by atoms with Crippen molar-refractivity contribution in [3.05, 3.63) is 0 Å². The van der Waals surface area contributed by atoms with Crippen LogP contribution in [0.2, 0.25) is 0 Å². The van der Waals surface area contributed by atoms with Crippen molar-refractivity contribution in [2.75, 3.05) is 26.3 Å². The van der Waals surface area contributed by atoms with E-state index in [2.05, 4.69) is 10.7 Å². The number of hydrogen-bond donors (Lipinski definition) is 0. The fraction of sp³-hybridized carbons (Fsp3) is 0.833. The zero-order valence-electron chi connectivity index (χ0n) is 7.45. The van der Waals surface area contributed by atoms with Crippen LogP contribution in [0.3, 0.4) is 0 Å². The van der Waals surface area contributed by atoms with Crippen LogP contribution >= 0.6 is 10.7 Å². The number of alkyl halides is 2. The van der Waals surface area contributed by atoms with E-state index in [0.717, 1.165) is 0 Å². The van der Waals surface area contributed by atoms with Crippen LogP contribution in [0.1, 0.15) is 0 Å². The van der Waals surface area contributed by atoms with Crippen LogP contribution in [0, 0.1) is 0 Å². The maximum absolute atomic E-state index is 13.0. The Hall–Kier alpha value is -0.470. The van der Waals surface area contributed by atoms with Crippen molar-refractivity contribution in [3.63, 3.8) is 0 Å². The largest absolute Gasteiger partial charge is 0.435 e. The van der Waals surface area contributed by atoms with Gasteiger partial charge in [0, 0.05) is 23.8 Å². The van der Waals surface area contributed by atoms with E-state index in [4.69, 9.17) is 4.74 Å². The summed E-state index contributed by atoms with van der Waals surface area (Å²) in [5, 5.41) is -4.58. The first-order chi connectivity index (χ1) is 6.77. The fourth-order valence-electron chi connectivity index (χ4n) is 1.05. The lowest BCUT2D eigenvalue weighted by Crippen LogP contribution is -2.50. The second-order valence-electron chi connectivity index (χ2n) is 2.86. The number of halogens is 3. The summed E-state index contributed by atoms with van der Waals surface area (Å²) in [5.41, 5.74) is 0. The summed E-state index contributed by atoms with van der Waals surface area (Å²) in [6, 6.07) is 0. The Morgan fingerprint density at radius 2 is 1.80 bits per heavy atom. The van der Waals surface area contributed by atoms with Crippen LogP contribution in [0.15, 0.2) is 0 Å². The highest BCUT2D eigenvalue weighted by molar-refractivity contribution is 8.15. The normalized spacial score (nSPS) is 19.0. The summed E-state index contributed by atoms with van der Waals surface area (Å²) >= 11 is 0. The molecule has 0 atom stereocenters. The van der Waals surface area contributed by atoms with E-state index in [0.29, 0.717) is 4.90 Å². The van der Waals surface area contributed by atoms with Gasteiger partial charge in [0.25, 0.3) is 0 Å². The molecule has 5 nitrogen and oxygen atoms in total. The number of ether oxygens (including phenoxy) is 1. The first kappa shape index (κ1) is 12.6. The molecule has 1 aliphatic heterocycles. The van der Waals surface area contributed by atoms with Crippen LogP contribution in [-0.2, 0) is 18.6 Å². The molecule has 0 unspecified atom stereocenters. The molecule has 1 rings (SSSR count). The minimum Gasteiger partial charge on any atom is -0.378 e. The molecule has 9 heteroatoms. The molecule has 1 fully saturated rings. The molecule has 88 valence electrons. The molecule has 0 N–H and O–H groups in total. The molecule has 0 radical (unpaired) electrons. The van der Waals surface area contributed by atoms with Crippen molar-refractivity contribution in [1.29, 1.82) is 0 Å². The lowest BCUT2D eigenvalue weighted by Gasteiger charge is -2.28. The predicted molar refractivity (Wildman–Crippen MR) is 47.1 cm³/mol. The van der Waals surface area contributed by atoms with Gasteiger partial charge in [-0.15, -0.1) is 0 Å². The van der Waals surface area contributed by atoms with Crippen molar-refractivity contribution < 1.29 is 26.7 Å². The number of rotatable bonds is 2. The number of carbonyl (C=O) groups is 1. The van der Waals surface area contributed by atoms with E-state index in [1.54, 1.807) is 0 Å². The first-order valence-corrected chi connectivity index (χ1v) is 6.27. The molecule has 15 heavy (non-hydrogen) atoms. The van der Waals surface area contributed by atoms with Crippen molar-refractivity contribution in [1.82, 2.24) is 4.90 Å². The van der Waals surface area contributed by atoms with Crippen LogP contribution in [0.5, 0.6) is 0 Å². The minimum atomic E-state index is -5.24. The predicted octanol–water partition coefficient (Wildman–Crippen LogP) is 0.00660. The SMILES string of the molecule is O=C(N1CCOCC1)C(F)(F)S(=O)(=O)Cl. The van der Waals surface area contributed by atoms with Gasteiger partial charge >= 0.3 is 20.2 Å². The third-order valence-electron chi connectivity index (χ3n) is 1.85. The molecular weight excluding hydrogens is 256 g/mol. The van der Waals surface area contributed by atoms with Gasteiger partial charge in [0.1, 0.15) is 0 Å². The molecule has 1 saturated heterocycles. The molecule has 0 aliphatic carbocycles. The summed E-state index contributed by atoms with van der Waals surface area (Å²) in [5.74, 6) is -1.80. The third kappa shape index (κ3) is 2.56. The first-order valence-electron chi connectivity index (χ1n) is 3.96. The van der Waals surface area contributed by atoms with E-state index in [9.17, 15) is 22.0 Å². The van der Waals surface area contributed by atoms with Crippen LogP contribution in [0.25, 0.3) is 0 Å². The Labute approximate surface area is 89.4 Å². The van der Waals surface area contributed by atoms with Gasteiger partial charge in [0.2, 0.25) is 0 Å². The summed E-state index contributed by atoms with van der Waals surface area (Å²) in [6.45, 7) is 0.0654. The summed E-state index contributed by atoms with van der Waals surface area (Å²) in [6.07, 6.45) is 0. The van der Waals surface area contributed by atoms with E-state index in [1.165, 1.54) is 0 Å². The molecule has 0 spiro atoms. The zero-order valence-corrected chi connectivity index (χ0v) is 9.02. The van der Waals surface area contributed by atoms with Gasteiger partial charge in [-0.1, -0.05) is 0 Å². The monoisotopic (exact) mass is 263 g/mol. The molecule has 0 bridgehead atoms. The second-order valence-corrected chi connectivity index (χ2v) is 5.47. The highest BCUT2D eigenvalue weighted by Crippen LogP contribution is 2.28. The van der Waals surface area contributed by atoms with Crippen molar-refractivity contribution >= 4 is 25.6 Å². The minimum absolute atomic E-state index is 0.0686. The lowest BCUT2D eigenvalue weighted by atomic mass is 10.4. The molecule has 1 amide bonds. The topological polar surface area (TPSA) is 63.7 Å². The Morgan fingerprint density at radius 3 is 2.20 bits per heavy atom. The highest BCUT2D eigenvalue weighted by atomic mass is 35.7. The summed E-state index contributed by atoms with van der Waals surface area (Å²) < 4.78 is 51.7. The van der Waals surface area contributed by atoms with Crippen LogP contribution < -0.4 is 0 Å². The molecule has 0 aromatic heterocycles. The van der Waals surface area contributed by atoms with Gasteiger partial charge in [-0.05, 0) is 0 Å². The average molecular weight is 264 g/mol. The third-order valence-corrected chi connectivity index (χ3v) is 3.22. The van der Waals surface area contributed by atoms with Crippen LogP contribution in [0.4, 0.5) is 8.78 Å². The fourth-order valence-corrected chi connectivity index (χ4v) is 1.59. The standard InChI is InChI=1S/C6H8ClF2NO4S/c7-15(12,13)6(8,9)5(11)10-1-3-14-4-2-10/h1-4H2. The number of carbonyl (C=O) groups excluding carboxylic acids is 1. The van der Waals surface area contributed by atoms with Crippen molar-refractivity contribution in [2.24, 2.45) is 0 Å². The number of morpholine rings is 1. The van der Waals surface area contributed by atoms with Gasteiger partial charge in [-0.3, -0.25) is 4.79 Å². The smallest absolute Gasteiger partial charge is 0.378 e. The Morgan fingerprint density at radius 1 is 1.33 bits per heavy atom. The average Bonchev–Trinajstić information content (AvgIpc) is 2.16. The van der Waals surface area contributed by atoms with Gasteiger partial charge in [-0.2, -0.15) is 8.78 Å².